The minimum Gasteiger partial charge on any atom is -0.439 e. The SMILES string of the molecule is NCc1ccnc(Oc2ccccc2CCO)c1. The lowest BCUT2D eigenvalue weighted by atomic mass is 10.1. The summed E-state index contributed by atoms with van der Waals surface area (Å²) in [7, 11) is 0. The van der Waals surface area contributed by atoms with Crippen LogP contribution in [-0.4, -0.2) is 16.7 Å². The molecule has 3 N–H and O–H groups in total. The number of ether oxygens (including phenoxy) is 1. The van der Waals surface area contributed by atoms with E-state index in [1.807, 2.05) is 36.4 Å². The Kier molecular flexibility index (Phi) is 4.28. The van der Waals surface area contributed by atoms with Crippen LogP contribution >= 0.6 is 0 Å². The molecule has 4 nitrogen and oxygen atoms in total. The maximum absolute atomic E-state index is 9.00. The normalized spacial score (nSPS) is 10.3. The summed E-state index contributed by atoms with van der Waals surface area (Å²) in [5.74, 6) is 1.23. The molecule has 0 saturated carbocycles. The summed E-state index contributed by atoms with van der Waals surface area (Å²) < 4.78 is 5.73. The largest absolute Gasteiger partial charge is 0.439 e. The first-order chi connectivity index (χ1) is 8.83. The van der Waals surface area contributed by atoms with Gasteiger partial charge in [-0.1, -0.05) is 18.2 Å². The third kappa shape index (κ3) is 3.06. The van der Waals surface area contributed by atoms with Gasteiger partial charge in [0.25, 0.3) is 0 Å². The number of hydrogen-bond donors (Lipinski definition) is 2. The van der Waals surface area contributed by atoms with Crippen LogP contribution in [-0.2, 0) is 13.0 Å². The molecule has 1 aromatic heterocycles. The van der Waals surface area contributed by atoms with Gasteiger partial charge in [-0.3, -0.25) is 0 Å². The highest BCUT2D eigenvalue weighted by atomic mass is 16.5. The molecular weight excluding hydrogens is 228 g/mol. The van der Waals surface area contributed by atoms with Gasteiger partial charge in [0, 0.05) is 25.4 Å². The van der Waals surface area contributed by atoms with Gasteiger partial charge in [-0.05, 0) is 29.7 Å². The Hall–Kier alpha value is -1.91. The van der Waals surface area contributed by atoms with Crippen molar-refractivity contribution in [1.82, 2.24) is 4.98 Å². The fourth-order valence-electron chi connectivity index (χ4n) is 1.68. The van der Waals surface area contributed by atoms with Crippen molar-refractivity contribution < 1.29 is 9.84 Å². The summed E-state index contributed by atoms with van der Waals surface area (Å²) in [5.41, 5.74) is 7.50. The molecule has 2 aromatic rings. The van der Waals surface area contributed by atoms with E-state index < -0.39 is 0 Å². The Morgan fingerprint density at radius 1 is 1.22 bits per heavy atom. The van der Waals surface area contributed by atoms with E-state index in [1.165, 1.54) is 0 Å². The van der Waals surface area contributed by atoms with E-state index in [9.17, 15) is 0 Å². The Morgan fingerprint density at radius 2 is 2.06 bits per heavy atom. The number of benzene rings is 1. The predicted molar refractivity (Wildman–Crippen MR) is 69.4 cm³/mol. The van der Waals surface area contributed by atoms with E-state index in [2.05, 4.69) is 4.98 Å². The number of nitrogens with two attached hydrogens (primary N) is 1. The minimum atomic E-state index is 0.0939. The minimum absolute atomic E-state index is 0.0939. The number of hydrogen-bond acceptors (Lipinski definition) is 4. The number of pyridine rings is 1. The monoisotopic (exact) mass is 244 g/mol. The van der Waals surface area contributed by atoms with E-state index in [-0.39, 0.29) is 6.61 Å². The maximum atomic E-state index is 9.00. The third-order valence-corrected chi connectivity index (χ3v) is 2.60. The zero-order chi connectivity index (χ0) is 12.8. The summed E-state index contributed by atoms with van der Waals surface area (Å²) >= 11 is 0. The van der Waals surface area contributed by atoms with Crippen LogP contribution in [0.1, 0.15) is 11.1 Å². The van der Waals surface area contributed by atoms with Gasteiger partial charge in [-0.2, -0.15) is 0 Å². The lowest BCUT2D eigenvalue weighted by molar-refractivity contribution is 0.297. The predicted octanol–water partition coefficient (Wildman–Crippen LogP) is 1.87. The van der Waals surface area contributed by atoms with Crippen LogP contribution in [0, 0.1) is 0 Å². The fraction of sp³-hybridized carbons (Fsp3) is 0.214. The molecule has 0 saturated heterocycles. The summed E-state index contributed by atoms with van der Waals surface area (Å²) in [4.78, 5) is 4.14. The first-order valence-corrected chi connectivity index (χ1v) is 5.85. The molecule has 0 fully saturated rings. The summed E-state index contributed by atoms with van der Waals surface area (Å²) in [6.07, 6.45) is 2.24. The van der Waals surface area contributed by atoms with Gasteiger partial charge in [-0.15, -0.1) is 0 Å². The Morgan fingerprint density at radius 3 is 2.83 bits per heavy atom. The van der Waals surface area contributed by atoms with Crippen LogP contribution < -0.4 is 10.5 Å². The molecule has 0 aliphatic rings. The standard InChI is InChI=1S/C14H16N2O2/c15-10-11-5-7-16-14(9-11)18-13-4-2-1-3-12(13)6-8-17/h1-5,7,9,17H,6,8,10,15H2. The lowest BCUT2D eigenvalue weighted by Gasteiger charge is -2.10. The van der Waals surface area contributed by atoms with Gasteiger partial charge >= 0.3 is 0 Å². The van der Waals surface area contributed by atoms with Crippen LogP contribution in [0.2, 0.25) is 0 Å². The van der Waals surface area contributed by atoms with Crippen LogP contribution in [0.5, 0.6) is 11.6 Å². The van der Waals surface area contributed by atoms with Gasteiger partial charge in [-0.25, -0.2) is 4.98 Å². The molecule has 0 unspecified atom stereocenters. The highest BCUT2D eigenvalue weighted by molar-refractivity contribution is 5.36. The van der Waals surface area contributed by atoms with Crippen molar-refractivity contribution in [3.63, 3.8) is 0 Å². The Labute approximate surface area is 106 Å². The molecule has 0 atom stereocenters. The van der Waals surface area contributed by atoms with Crippen molar-refractivity contribution in [1.29, 1.82) is 0 Å². The zero-order valence-corrected chi connectivity index (χ0v) is 10.0. The lowest BCUT2D eigenvalue weighted by Crippen LogP contribution is -1.99. The van der Waals surface area contributed by atoms with Crippen LogP contribution in [0.15, 0.2) is 42.6 Å². The molecule has 0 aliphatic heterocycles. The van der Waals surface area contributed by atoms with Crippen molar-refractivity contribution in [2.45, 2.75) is 13.0 Å². The zero-order valence-electron chi connectivity index (χ0n) is 10.0. The van der Waals surface area contributed by atoms with Crippen molar-refractivity contribution >= 4 is 0 Å². The third-order valence-electron chi connectivity index (χ3n) is 2.60. The quantitative estimate of drug-likeness (QED) is 0.842. The van der Waals surface area contributed by atoms with Crippen molar-refractivity contribution in [2.24, 2.45) is 5.73 Å². The maximum Gasteiger partial charge on any atom is 0.219 e. The highest BCUT2D eigenvalue weighted by Crippen LogP contribution is 2.24. The first-order valence-electron chi connectivity index (χ1n) is 5.85. The molecule has 18 heavy (non-hydrogen) atoms. The second-order valence-electron chi connectivity index (χ2n) is 3.89. The molecule has 4 heteroatoms. The van der Waals surface area contributed by atoms with Gasteiger partial charge in [0.05, 0.1) is 0 Å². The molecule has 0 bridgehead atoms. The molecule has 2 rings (SSSR count). The number of para-hydroxylation sites is 1. The summed E-state index contributed by atoms with van der Waals surface area (Å²) in [5, 5.41) is 9.00. The Bertz CT molecular complexity index is 515. The van der Waals surface area contributed by atoms with Crippen LogP contribution in [0.25, 0.3) is 0 Å². The summed E-state index contributed by atoms with van der Waals surface area (Å²) in [6, 6.07) is 11.3. The van der Waals surface area contributed by atoms with Gasteiger partial charge in [0.15, 0.2) is 0 Å². The van der Waals surface area contributed by atoms with Crippen molar-refractivity contribution in [3.8, 4) is 11.6 Å². The smallest absolute Gasteiger partial charge is 0.219 e. The molecule has 0 aliphatic carbocycles. The molecule has 1 heterocycles. The average molecular weight is 244 g/mol. The van der Waals surface area contributed by atoms with Crippen LogP contribution in [0.4, 0.5) is 0 Å². The second-order valence-corrected chi connectivity index (χ2v) is 3.89. The summed E-state index contributed by atoms with van der Waals surface area (Å²) in [6.45, 7) is 0.549. The second kappa shape index (κ2) is 6.14. The number of aromatic nitrogens is 1. The van der Waals surface area contributed by atoms with E-state index in [0.29, 0.717) is 24.6 Å². The molecule has 1 aromatic carbocycles. The number of nitrogens with zero attached hydrogens (tertiary/aromatic N) is 1. The van der Waals surface area contributed by atoms with Gasteiger partial charge in [0.2, 0.25) is 5.88 Å². The molecule has 94 valence electrons. The number of aliphatic hydroxyl groups is 1. The highest BCUT2D eigenvalue weighted by Gasteiger charge is 2.05. The number of rotatable bonds is 5. The van der Waals surface area contributed by atoms with Crippen molar-refractivity contribution in [3.05, 3.63) is 53.7 Å². The number of aliphatic hydroxyl groups excluding tert-OH is 1. The molecule has 0 radical (unpaired) electrons. The molecule has 0 amide bonds. The molecular formula is C14H16N2O2. The fourth-order valence-corrected chi connectivity index (χ4v) is 1.68. The van der Waals surface area contributed by atoms with Crippen LogP contribution in [0.3, 0.4) is 0 Å². The average Bonchev–Trinajstić information content (AvgIpc) is 2.41. The molecule has 0 spiro atoms. The first kappa shape index (κ1) is 12.5. The topological polar surface area (TPSA) is 68.4 Å². The van der Waals surface area contributed by atoms with E-state index in [0.717, 1.165) is 11.1 Å². The van der Waals surface area contributed by atoms with Gasteiger partial charge in [0.1, 0.15) is 5.75 Å². The van der Waals surface area contributed by atoms with E-state index >= 15 is 0 Å². The Balaban J connectivity index is 2.22. The van der Waals surface area contributed by atoms with Crippen molar-refractivity contribution in [2.75, 3.05) is 6.61 Å². The van der Waals surface area contributed by atoms with E-state index in [4.69, 9.17) is 15.6 Å². The van der Waals surface area contributed by atoms with E-state index in [1.54, 1.807) is 6.20 Å². The van der Waals surface area contributed by atoms with Gasteiger partial charge < -0.3 is 15.6 Å².